The van der Waals surface area contributed by atoms with Crippen LogP contribution >= 0.6 is 0 Å². The maximum absolute atomic E-state index is 9.08. The zero-order chi connectivity index (χ0) is 6.27. The van der Waals surface area contributed by atoms with Crippen LogP contribution in [0.5, 0.6) is 0 Å². The average Bonchev–Trinajstić information content (AvgIpc) is 1.86. The van der Waals surface area contributed by atoms with Gasteiger partial charge in [0.05, 0.1) is 18.8 Å². The molecule has 0 aromatic rings. The number of fused-ring (bicyclic) bond motifs is 1. The van der Waals surface area contributed by atoms with E-state index >= 15 is 0 Å². The van der Waals surface area contributed by atoms with Crippen molar-refractivity contribution >= 4 is 0 Å². The lowest BCUT2D eigenvalue weighted by Gasteiger charge is -2.44. The Balaban J connectivity index is 1.94. The molecule has 1 saturated heterocycles. The minimum absolute atomic E-state index is 0.0961. The number of ether oxygens (including phenoxy) is 1. The molecular formula is C6H11NO2. The molecule has 1 aliphatic carbocycles. The molecule has 0 radical (unpaired) electrons. The Labute approximate surface area is 54.0 Å². The summed E-state index contributed by atoms with van der Waals surface area (Å²) in [5.41, 5.74) is 0. The topological polar surface area (TPSA) is 41.5 Å². The highest BCUT2D eigenvalue weighted by Crippen LogP contribution is 2.25. The number of hydrogen-bond donors (Lipinski definition) is 2. The highest BCUT2D eigenvalue weighted by molar-refractivity contribution is 4.97. The minimum Gasteiger partial charge on any atom is -0.390 e. The van der Waals surface area contributed by atoms with Crippen molar-refractivity contribution in [2.75, 3.05) is 13.2 Å². The quantitative estimate of drug-likeness (QED) is 0.446. The van der Waals surface area contributed by atoms with Crippen LogP contribution in [0, 0.1) is 0 Å². The molecule has 0 amide bonds. The summed E-state index contributed by atoms with van der Waals surface area (Å²) in [7, 11) is 0. The predicted octanol–water partition coefficient (Wildman–Crippen LogP) is -0.892. The molecule has 3 heteroatoms. The van der Waals surface area contributed by atoms with E-state index in [4.69, 9.17) is 9.84 Å². The van der Waals surface area contributed by atoms with Crippen molar-refractivity contribution in [3.05, 3.63) is 0 Å². The van der Waals surface area contributed by atoms with Crippen LogP contribution in [0.2, 0.25) is 0 Å². The van der Waals surface area contributed by atoms with Gasteiger partial charge < -0.3 is 15.2 Å². The van der Waals surface area contributed by atoms with Crippen LogP contribution in [0.4, 0.5) is 0 Å². The van der Waals surface area contributed by atoms with Crippen molar-refractivity contribution in [1.82, 2.24) is 5.32 Å². The molecule has 2 fully saturated rings. The lowest BCUT2D eigenvalue weighted by Crippen LogP contribution is -2.63. The number of morpholine rings is 1. The molecule has 1 saturated carbocycles. The molecule has 0 aromatic carbocycles. The summed E-state index contributed by atoms with van der Waals surface area (Å²) in [4.78, 5) is 0. The van der Waals surface area contributed by atoms with E-state index in [1.165, 1.54) is 0 Å². The summed E-state index contributed by atoms with van der Waals surface area (Å²) in [6.07, 6.45) is 0.756. The summed E-state index contributed by atoms with van der Waals surface area (Å²) in [5.74, 6) is 0. The van der Waals surface area contributed by atoms with E-state index in [1.807, 2.05) is 0 Å². The zero-order valence-electron chi connectivity index (χ0n) is 5.21. The summed E-state index contributed by atoms with van der Waals surface area (Å²) in [6.45, 7) is 1.69. The SMILES string of the molecule is O[C@@H]1C[C@H]2NCCO[C@H]12. The second kappa shape index (κ2) is 1.94. The van der Waals surface area contributed by atoms with Crippen molar-refractivity contribution in [3.63, 3.8) is 0 Å². The van der Waals surface area contributed by atoms with Crippen LogP contribution in [-0.2, 0) is 4.74 Å². The van der Waals surface area contributed by atoms with Gasteiger partial charge >= 0.3 is 0 Å². The van der Waals surface area contributed by atoms with E-state index < -0.39 is 0 Å². The van der Waals surface area contributed by atoms with Crippen LogP contribution in [0.15, 0.2) is 0 Å². The van der Waals surface area contributed by atoms with Gasteiger partial charge in [0.2, 0.25) is 0 Å². The van der Waals surface area contributed by atoms with Crippen molar-refractivity contribution in [2.45, 2.75) is 24.7 Å². The van der Waals surface area contributed by atoms with E-state index in [-0.39, 0.29) is 12.2 Å². The maximum atomic E-state index is 9.08. The van der Waals surface area contributed by atoms with Gasteiger partial charge in [-0.25, -0.2) is 0 Å². The summed E-state index contributed by atoms with van der Waals surface area (Å²) in [5, 5.41) is 12.3. The number of aliphatic hydroxyl groups is 1. The molecule has 52 valence electrons. The lowest BCUT2D eigenvalue weighted by molar-refractivity contribution is -0.139. The second-order valence-corrected chi connectivity index (χ2v) is 2.70. The molecule has 3 nitrogen and oxygen atoms in total. The molecular weight excluding hydrogens is 118 g/mol. The molecule has 3 atom stereocenters. The van der Waals surface area contributed by atoms with Crippen LogP contribution in [0.3, 0.4) is 0 Å². The predicted molar refractivity (Wildman–Crippen MR) is 32.2 cm³/mol. The first kappa shape index (κ1) is 5.65. The Morgan fingerprint density at radius 2 is 2.44 bits per heavy atom. The molecule has 1 heterocycles. The highest BCUT2D eigenvalue weighted by atomic mass is 16.5. The van der Waals surface area contributed by atoms with Crippen LogP contribution in [-0.4, -0.2) is 36.5 Å². The van der Waals surface area contributed by atoms with Crippen LogP contribution in [0.25, 0.3) is 0 Å². The molecule has 0 unspecified atom stereocenters. The van der Waals surface area contributed by atoms with Gasteiger partial charge in [-0.05, 0) is 6.42 Å². The van der Waals surface area contributed by atoms with Crippen LogP contribution < -0.4 is 5.32 Å². The Morgan fingerprint density at radius 1 is 1.56 bits per heavy atom. The third-order valence-electron chi connectivity index (χ3n) is 2.09. The molecule has 0 bridgehead atoms. The fraction of sp³-hybridized carbons (Fsp3) is 1.00. The number of rotatable bonds is 0. The lowest BCUT2D eigenvalue weighted by atomic mass is 9.85. The van der Waals surface area contributed by atoms with E-state index in [2.05, 4.69) is 5.32 Å². The second-order valence-electron chi connectivity index (χ2n) is 2.70. The Hall–Kier alpha value is -0.120. The summed E-state index contributed by atoms with van der Waals surface area (Å²) < 4.78 is 5.28. The van der Waals surface area contributed by atoms with E-state index in [0.29, 0.717) is 6.04 Å². The number of hydrogen-bond acceptors (Lipinski definition) is 3. The van der Waals surface area contributed by atoms with Crippen molar-refractivity contribution in [1.29, 1.82) is 0 Å². The van der Waals surface area contributed by atoms with Gasteiger partial charge in [0.25, 0.3) is 0 Å². The Kier molecular flexibility index (Phi) is 1.22. The normalized spacial score (nSPS) is 49.7. The smallest absolute Gasteiger partial charge is 0.0988 e. The highest BCUT2D eigenvalue weighted by Gasteiger charge is 2.42. The third-order valence-corrected chi connectivity index (χ3v) is 2.09. The van der Waals surface area contributed by atoms with Crippen LogP contribution in [0.1, 0.15) is 6.42 Å². The van der Waals surface area contributed by atoms with Gasteiger partial charge in [-0.3, -0.25) is 0 Å². The molecule has 2 aliphatic rings. The summed E-state index contributed by atoms with van der Waals surface area (Å²) in [6, 6.07) is 0.439. The molecule has 1 aliphatic heterocycles. The largest absolute Gasteiger partial charge is 0.390 e. The first-order valence-electron chi connectivity index (χ1n) is 3.41. The van der Waals surface area contributed by atoms with Gasteiger partial charge in [0.15, 0.2) is 0 Å². The zero-order valence-corrected chi connectivity index (χ0v) is 5.21. The molecule has 0 spiro atoms. The van der Waals surface area contributed by atoms with Crippen molar-refractivity contribution in [3.8, 4) is 0 Å². The first-order chi connectivity index (χ1) is 4.38. The number of nitrogens with one attached hydrogen (secondary N) is 1. The van der Waals surface area contributed by atoms with Gasteiger partial charge in [0, 0.05) is 12.6 Å². The van der Waals surface area contributed by atoms with Gasteiger partial charge in [-0.1, -0.05) is 0 Å². The fourth-order valence-electron chi connectivity index (χ4n) is 1.47. The van der Waals surface area contributed by atoms with Gasteiger partial charge in [-0.2, -0.15) is 0 Å². The monoisotopic (exact) mass is 129 g/mol. The molecule has 0 aromatic heterocycles. The molecule has 2 rings (SSSR count). The van der Waals surface area contributed by atoms with Gasteiger partial charge in [-0.15, -0.1) is 0 Å². The minimum atomic E-state index is -0.206. The Morgan fingerprint density at radius 3 is 3.00 bits per heavy atom. The first-order valence-corrected chi connectivity index (χ1v) is 3.41. The van der Waals surface area contributed by atoms with E-state index in [9.17, 15) is 0 Å². The molecule has 2 N–H and O–H groups in total. The van der Waals surface area contributed by atoms with Crippen molar-refractivity contribution < 1.29 is 9.84 Å². The fourth-order valence-corrected chi connectivity index (χ4v) is 1.47. The molecule has 9 heavy (non-hydrogen) atoms. The maximum Gasteiger partial charge on any atom is 0.0988 e. The van der Waals surface area contributed by atoms with Gasteiger partial charge in [0.1, 0.15) is 0 Å². The van der Waals surface area contributed by atoms with Crippen molar-refractivity contribution in [2.24, 2.45) is 0 Å². The average molecular weight is 129 g/mol. The Bertz CT molecular complexity index is 116. The van der Waals surface area contributed by atoms with E-state index in [1.54, 1.807) is 0 Å². The number of aliphatic hydroxyl groups excluding tert-OH is 1. The summed E-state index contributed by atoms with van der Waals surface area (Å²) >= 11 is 0. The van der Waals surface area contributed by atoms with E-state index in [0.717, 1.165) is 19.6 Å². The standard InChI is InChI=1S/C6H11NO2/c8-5-3-4-6(5)9-2-1-7-4/h4-8H,1-3H2/t4-,5-,6+/m1/s1. The third kappa shape index (κ3) is 0.764.